The van der Waals surface area contributed by atoms with Crippen LogP contribution in [0.5, 0.6) is 5.75 Å². The van der Waals surface area contributed by atoms with Gasteiger partial charge in [-0.15, -0.1) is 0 Å². The molecule has 1 aliphatic rings. The summed E-state index contributed by atoms with van der Waals surface area (Å²) in [7, 11) is 1.58. The molecule has 0 fully saturated rings. The van der Waals surface area contributed by atoms with E-state index in [1.54, 1.807) is 36.1 Å². The van der Waals surface area contributed by atoms with Crippen LogP contribution in [0, 0.1) is 6.92 Å². The Morgan fingerprint density at radius 1 is 1.20 bits per heavy atom. The van der Waals surface area contributed by atoms with E-state index in [2.05, 4.69) is 15.7 Å². The summed E-state index contributed by atoms with van der Waals surface area (Å²) in [6.07, 6.45) is 3.00. The molecular formula is C22H20N4O4. The molecule has 0 spiro atoms. The quantitative estimate of drug-likeness (QED) is 0.602. The molecule has 1 unspecified atom stereocenters. The van der Waals surface area contributed by atoms with Crippen LogP contribution in [0.2, 0.25) is 0 Å². The first kappa shape index (κ1) is 19.3. The molecule has 152 valence electrons. The number of aliphatic carboxylic acids is 1. The number of benzene rings is 2. The van der Waals surface area contributed by atoms with Gasteiger partial charge in [-0.25, -0.2) is 9.48 Å². The van der Waals surface area contributed by atoms with E-state index in [-0.39, 0.29) is 17.2 Å². The zero-order chi connectivity index (χ0) is 21.3. The van der Waals surface area contributed by atoms with Gasteiger partial charge in [0.2, 0.25) is 0 Å². The fraction of sp³-hybridized carbons (Fsp3) is 0.136. The van der Waals surface area contributed by atoms with Crippen molar-refractivity contribution in [1.82, 2.24) is 9.78 Å². The molecule has 1 aliphatic heterocycles. The number of allylic oxidation sites excluding steroid dienone is 1. The molecule has 1 aromatic heterocycles. The molecule has 0 bridgehead atoms. The molecule has 0 aliphatic carbocycles. The number of hydrogen-bond donors (Lipinski definition) is 3. The lowest BCUT2D eigenvalue weighted by molar-refractivity contribution is -0.132. The third-order valence-electron chi connectivity index (χ3n) is 4.84. The van der Waals surface area contributed by atoms with Gasteiger partial charge in [-0.2, -0.15) is 5.10 Å². The third-order valence-corrected chi connectivity index (χ3v) is 4.84. The summed E-state index contributed by atoms with van der Waals surface area (Å²) in [5.41, 5.74) is 2.71. The Morgan fingerprint density at radius 2 is 1.97 bits per heavy atom. The van der Waals surface area contributed by atoms with Crippen LogP contribution in [0.1, 0.15) is 27.5 Å². The summed E-state index contributed by atoms with van der Waals surface area (Å²) < 4.78 is 6.79. The van der Waals surface area contributed by atoms with Gasteiger partial charge >= 0.3 is 5.97 Å². The monoisotopic (exact) mass is 404 g/mol. The van der Waals surface area contributed by atoms with Crippen molar-refractivity contribution in [2.45, 2.75) is 13.0 Å². The number of aryl methyl sites for hydroxylation is 1. The molecule has 4 rings (SSSR count). The van der Waals surface area contributed by atoms with Gasteiger partial charge in [0.05, 0.1) is 19.3 Å². The minimum absolute atomic E-state index is 0.0200. The van der Waals surface area contributed by atoms with E-state index < -0.39 is 12.0 Å². The number of anilines is 2. The summed E-state index contributed by atoms with van der Waals surface area (Å²) >= 11 is 0. The number of carboxylic acid groups (broad SMARTS) is 1. The van der Waals surface area contributed by atoms with Gasteiger partial charge in [-0.05, 0) is 48.4 Å². The summed E-state index contributed by atoms with van der Waals surface area (Å²) in [6.45, 7) is 1.93. The van der Waals surface area contributed by atoms with Crippen molar-refractivity contribution in [2.24, 2.45) is 0 Å². The number of nitrogens with one attached hydrogen (secondary N) is 2. The van der Waals surface area contributed by atoms with Crippen LogP contribution < -0.4 is 15.4 Å². The molecule has 8 heteroatoms. The molecular weight excluding hydrogens is 384 g/mol. The van der Waals surface area contributed by atoms with Crippen molar-refractivity contribution in [2.75, 3.05) is 17.7 Å². The van der Waals surface area contributed by atoms with Gasteiger partial charge in [-0.1, -0.05) is 24.3 Å². The van der Waals surface area contributed by atoms with E-state index in [1.165, 1.54) is 6.20 Å². The highest BCUT2D eigenvalue weighted by atomic mass is 16.5. The lowest BCUT2D eigenvalue weighted by Gasteiger charge is -2.24. The molecule has 8 nitrogen and oxygen atoms in total. The molecule has 0 saturated carbocycles. The third kappa shape index (κ3) is 3.62. The van der Waals surface area contributed by atoms with Crippen molar-refractivity contribution in [3.8, 4) is 5.75 Å². The molecule has 3 aromatic rings. The number of nitrogens with zero attached hydrogens (tertiary/aromatic N) is 2. The van der Waals surface area contributed by atoms with Gasteiger partial charge in [0, 0.05) is 5.69 Å². The molecule has 1 amide bonds. The highest BCUT2D eigenvalue weighted by molar-refractivity contribution is 6.08. The number of ether oxygens (including phenoxy) is 1. The van der Waals surface area contributed by atoms with Crippen molar-refractivity contribution in [3.63, 3.8) is 0 Å². The number of carboxylic acids is 1. The largest absolute Gasteiger partial charge is 0.497 e. The number of methoxy groups -OCH3 is 1. The van der Waals surface area contributed by atoms with E-state index in [0.29, 0.717) is 17.3 Å². The molecule has 0 radical (unpaired) electrons. The Balaban J connectivity index is 1.70. The Hall–Kier alpha value is -4.07. The average Bonchev–Trinajstić information content (AvgIpc) is 3.17. The lowest BCUT2D eigenvalue weighted by Crippen LogP contribution is -2.25. The minimum atomic E-state index is -1.12. The standard InChI is InChI=1S/C22H20N4O4/c1-13-4-3-5-15(10-13)24-21(27)17-12-23-26-19(11-18(22(28)29)25-20(17)26)14-6-8-16(30-2)9-7-14/h3-12,19,25H,1-2H3,(H,24,27)(H,28,29). The molecule has 1 atom stereocenters. The van der Waals surface area contributed by atoms with Gasteiger partial charge in [0.25, 0.3) is 5.91 Å². The first-order chi connectivity index (χ1) is 14.5. The van der Waals surface area contributed by atoms with Crippen LogP contribution in [0.25, 0.3) is 0 Å². The molecule has 2 aromatic carbocycles. The van der Waals surface area contributed by atoms with Crippen molar-refractivity contribution < 1.29 is 19.4 Å². The predicted molar refractivity (Wildman–Crippen MR) is 112 cm³/mol. The van der Waals surface area contributed by atoms with Crippen LogP contribution >= 0.6 is 0 Å². The van der Waals surface area contributed by atoms with E-state index in [0.717, 1.165) is 11.1 Å². The normalized spacial score (nSPS) is 14.9. The van der Waals surface area contributed by atoms with Crippen molar-refractivity contribution in [3.05, 3.63) is 83.2 Å². The highest BCUT2D eigenvalue weighted by Gasteiger charge is 2.29. The number of aromatic nitrogens is 2. The van der Waals surface area contributed by atoms with Crippen molar-refractivity contribution >= 4 is 23.4 Å². The maximum Gasteiger partial charge on any atom is 0.352 e. The summed E-state index contributed by atoms with van der Waals surface area (Å²) in [6, 6.07) is 14.2. The molecule has 0 saturated heterocycles. The fourth-order valence-electron chi connectivity index (χ4n) is 3.35. The van der Waals surface area contributed by atoms with Crippen LogP contribution in [0.3, 0.4) is 0 Å². The Labute approximate surface area is 172 Å². The minimum Gasteiger partial charge on any atom is -0.497 e. The SMILES string of the molecule is COc1ccc(C2C=C(C(=O)O)Nc3c(C(=O)Nc4cccc(C)c4)cnn32)cc1. The summed E-state index contributed by atoms with van der Waals surface area (Å²) in [4.78, 5) is 24.6. The number of fused-ring (bicyclic) bond motifs is 1. The smallest absolute Gasteiger partial charge is 0.352 e. The summed E-state index contributed by atoms with van der Waals surface area (Å²) in [5, 5.41) is 19.6. The number of hydrogen-bond acceptors (Lipinski definition) is 5. The second kappa shape index (κ2) is 7.75. The Bertz CT molecular complexity index is 1150. The summed E-state index contributed by atoms with van der Waals surface area (Å²) in [5.74, 6) is -0.490. The lowest BCUT2D eigenvalue weighted by atomic mass is 10.0. The van der Waals surface area contributed by atoms with E-state index in [4.69, 9.17) is 4.74 Å². The number of amides is 1. The molecule has 3 N–H and O–H groups in total. The predicted octanol–water partition coefficient (Wildman–Crippen LogP) is 3.44. The van der Waals surface area contributed by atoms with Crippen LogP contribution in [-0.4, -0.2) is 33.9 Å². The van der Waals surface area contributed by atoms with Gasteiger partial charge < -0.3 is 20.5 Å². The first-order valence-electron chi connectivity index (χ1n) is 9.28. The maximum absolute atomic E-state index is 12.9. The van der Waals surface area contributed by atoms with Gasteiger partial charge in [-0.3, -0.25) is 4.79 Å². The Kier molecular flexibility index (Phi) is 4.97. The van der Waals surface area contributed by atoms with Crippen molar-refractivity contribution in [1.29, 1.82) is 0 Å². The van der Waals surface area contributed by atoms with Gasteiger partial charge in [0.1, 0.15) is 22.8 Å². The van der Waals surface area contributed by atoms with Crippen LogP contribution in [0.15, 0.2) is 66.5 Å². The van der Waals surface area contributed by atoms with Gasteiger partial charge in [0.15, 0.2) is 0 Å². The molecule has 30 heavy (non-hydrogen) atoms. The number of rotatable bonds is 5. The number of carbonyl (C=O) groups is 2. The Morgan fingerprint density at radius 3 is 2.63 bits per heavy atom. The average molecular weight is 404 g/mol. The topological polar surface area (TPSA) is 105 Å². The first-order valence-corrected chi connectivity index (χ1v) is 9.28. The second-order valence-electron chi connectivity index (χ2n) is 6.90. The zero-order valence-electron chi connectivity index (χ0n) is 16.4. The van der Waals surface area contributed by atoms with E-state index in [9.17, 15) is 14.7 Å². The van der Waals surface area contributed by atoms with Crippen LogP contribution in [0.4, 0.5) is 11.5 Å². The zero-order valence-corrected chi connectivity index (χ0v) is 16.4. The van der Waals surface area contributed by atoms with E-state index >= 15 is 0 Å². The molecule has 2 heterocycles. The maximum atomic E-state index is 12.9. The number of carbonyl (C=O) groups excluding carboxylic acids is 1. The fourth-order valence-corrected chi connectivity index (χ4v) is 3.35. The highest BCUT2D eigenvalue weighted by Crippen LogP contribution is 2.33. The van der Waals surface area contributed by atoms with Crippen LogP contribution in [-0.2, 0) is 4.79 Å². The second-order valence-corrected chi connectivity index (χ2v) is 6.90. The van der Waals surface area contributed by atoms with E-state index in [1.807, 2.05) is 37.3 Å².